The van der Waals surface area contributed by atoms with Crippen LogP contribution in [0, 0.1) is 5.82 Å². The largest absolute Gasteiger partial charge is 0.365 e. The third-order valence-electron chi connectivity index (χ3n) is 1.36. The van der Waals surface area contributed by atoms with Crippen molar-refractivity contribution in [2.24, 2.45) is 5.73 Å². The lowest BCUT2D eigenvalue weighted by atomic mass is 10.2. The number of nitrogens with two attached hydrogens (primary N) is 1. The second-order valence-corrected chi connectivity index (χ2v) is 2.30. The van der Waals surface area contributed by atoms with Gasteiger partial charge in [0.15, 0.2) is 0 Å². The summed E-state index contributed by atoms with van der Waals surface area (Å²) < 4.78 is 37.8. The van der Waals surface area contributed by atoms with Gasteiger partial charge >= 0.3 is 5.92 Å². The third kappa shape index (κ3) is 1.77. The molecule has 0 radical (unpaired) electrons. The molecule has 0 atom stereocenters. The molecule has 1 amide bonds. The first-order chi connectivity index (χ1) is 5.94. The number of nitrogens with zero attached hydrogens (tertiary/aromatic N) is 1. The van der Waals surface area contributed by atoms with Gasteiger partial charge in [0, 0.05) is 0 Å². The van der Waals surface area contributed by atoms with Gasteiger partial charge in [-0.1, -0.05) is 0 Å². The summed E-state index contributed by atoms with van der Waals surface area (Å²) in [6.07, 6.45) is 0.589. The number of aromatic nitrogens is 1. The molecule has 13 heavy (non-hydrogen) atoms. The van der Waals surface area contributed by atoms with Gasteiger partial charge in [-0.3, -0.25) is 9.78 Å². The van der Waals surface area contributed by atoms with Crippen LogP contribution < -0.4 is 5.73 Å². The molecular formula is C7H5F3N2O. The number of carbonyl (C=O) groups excluding carboxylic acids is 1. The van der Waals surface area contributed by atoms with Crippen molar-refractivity contribution in [1.29, 1.82) is 0 Å². The molecule has 6 heteroatoms. The lowest BCUT2D eigenvalue weighted by molar-refractivity contribution is -0.143. The van der Waals surface area contributed by atoms with Gasteiger partial charge in [-0.15, -0.1) is 0 Å². The van der Waals surface area contributed by atoms with Crippen LogP contribution in [0.1, 0.15) is 5.69 Å². The number of pyridine rings is 1. The maximum Gasteiger partial charge on any atom is 0.365 e. The van der Waals surface area contributed by atoms with Crippen LogP contribution in [0.5, 0.6) is 0 Å². The minimum Gasteiger partial charge on any atom is -0.364 e. The normalized spacial score (nSPS) is 11.3. The third-order valence-corrected chi connectivity index (χ3v) is 1.36. The molecule has 2 N–H and O–H groups in total. The summed E-state index contributed by atoms with van der Waals surface area (Å²) in [7, 11) is 0. The summed E-state index contributed by atoms with van der Waals surface area (Å²) in [5, 5.41) is 0. The molecule has 1 aromatic rings. The Labute approximate surface area is 71.4 Å². The summed E-state index contributed by atoms with van der Waals surface area (Å²) in [5.41, 5.74) is 3.56. The quantitative estimate of drug-likeness (QED) is 0.749. The SMILES string of the molecule is NC(=O)C(F)(F)c1ccc(F)cn1. The first kappa shape index (κ1) is 9.50. The van der Waals surface area contributed by atoms with Crippen LogP contribution in [-0.4, -0.2) is 10.9 Å². The van der Waals surface area contributed by atoms with Crippen molar-refractivity contribution in [3.05, 3.63) is 29.8 Å². The van der Waals surface area contributed by atoms with Gasteiger partial charge in [-0.2, -0.15) is 8.78 Å². The van der Waals surface area contributed by atoms with E-state index >= 15 is 0 Å². The summed E-state index contributed by atoms with van der Waals surface area (Å²) in [6.45, 7) is 0. The highest BCUT2D eigenvalue weighted by molar-refractivity contribution is 5.82. The van der Waals surface area contributed by atoms with Crippen molar-refractivity contribution >= 4 is 5.91 Å². The second-order valence-electron chi connectivity index (χ2n) is 2.30. The van der Waals surface area contributed by atoms with Gasteiger partial charge in [-0.25, -0.2) is 4.39 Å². The highest BCUT2D eigenvalue weighted by atomic mass is 19.3. The minimum atomic E-state index is -3.85. The lowest BCUT2D eigenvalue weighted by Crippen LogP contribution is -2.33. The number of rotatable bonds is 2. The van der Waals surface area contributed by atoms with E-state index < -0.39 is 23.3 Å². The van der Waals surface area contributed by atoms with Crippen LogP contribution in [0.3, 0.4) is 0 Å². The molecule has 0 aliphatic carbocycles. The van der Waals surface area contributed by atoms with Crippen molar-refractivity contribution in [1.82, 2.24) is 4.98 Å². The monoisotopic (exact) mass is 190 g/mol. The highest BCUT2D eigenvalue weighted by Crippen LogP contribution is 2.25. The van der Waals surface area contributed by atoms with Crippen LogP contribution in [-0.2, 0) is 10.7 Å². The summed E-state index contributed by atoms with van der Waals surface area (Å²) in [6, 6.07) is 1.49. The van der Waals surface area contributed by atoms with Crippen LogP contribution in [0.15, 0.2) is 18.3 Å². The number of alkyl halides is 2. The molecule has 0 aliphatic rings. The predicted octanol–water partition coefficient (Wildman–Crippen LogP) is 0.798. The van der Waals surface area contributed by atoms with E-state index in [1.807, 2.05) is 0 Å². The zero-order chi connectivity index (χ0) is 10.1. The molecule has 0 aromatic carbocycles. The number of primary amides is 1. The van der Waals surface area contributed by atoms with Crippen LogP contribution in [0.2, 0.25) is 0 Å². The molecule has 0 unspecified atom stereocenters. The summed E-state index contributed by atoms with van der Waals surface area (Å²) in [4.78, 5) is 13.3. The van der Waals surface area contributed by atoms with E-state index in [-0.39, 0.29) is 0 Å². The maximum absolute atomic E-state index is 12.8. The molecule has 0 saturated carbocycles. The molecule has 0 bridgehead atoms. The molecule has 0 saturated heterocycles. The number of hydrogen-bond acceptors (Lipinski definition) is 2. The van der Waals surface area contributed by atoms with E-state index in [4.69, 9.17) is 0 Å². The van der Waals surface area contributed by atoms with Crippen molar-refractivity contribution in [2.45, 2.75) is 5.92 Å². The van der Waals surface area contributed by atoms with Crippen LogP contribution in [0.25, 0.3) is 0 Å². The fourth-order valence-corrected chi connectivity index (χ4v) is 0.688. The Morgan fingerprint density at radius 3 is 2.46 bits per heavy atom. The number of carbonyl (C=O) groups is 1. The highest BCUT2D eigenvalue weighted by Gasteiger charge is 2.40. The van der Waals surface area contributed by atoms with Crippen molar-refractivity contribution in [3.8, 4) is 0 Å². The molecule has 1 rings (SSSR count). The zero-order valence-electron chi connectivity index (χ0n) is 6.30. The van der Waals surface area contributed by atoms with Gasteiger partial charge in [0.2, 0.25) is 0 Å². The second kappa shape index (κ2) is 3.04. The topological polar surface area (TPSA) is 56.0 Å². The van der Waals surface area contributed by atoms with E-state index in [0.29, 0.717) is 12.3 Å². The van der Waals surface area contributed by atoms with E-state index in [0.717, 1.165) is 6.07 Å². The molecular weight excluding hydrogens is 185 g/mol. The average Bonchev–Trinajstić information content (AvgIpc) is 2.04. The van der Waals surface area contributed by atoms with E-state index in [1.165, 1.54) is 0 Å². The van der Waals surface area contributed by atoms with E-state index in [9.17, 15) is 18.0 Å². The Bertz CT molecular complexity index is 323. The molecule has 0 fully saturated rings. The standard InChI is InChI=1S/C7H5F3N2O/c8-4-1-2-5(12-3-4)7(9,10)6(11)13/h1-3H,(H2,11,13). The lowest BCUT2D eigenvalue weighted by Gasteiger charge is -2.10. The fourth-order valence-electron chi connectivity index (χ4n) is 0.688. The Kier molecular flexibility index (Phi) is 2.22. The molecule has 0 aliphatic heterocycles. The van der Waals surface area contributed by atoms with Gasteiger partial charge < -0.3 is 5.73 Å². The fraction of sp³-hybridized carbons (Fsp3) is 0.143. The van der Waals surface area contributed by atoms with Crippen molar-refractivity contribution < 1.29 is 18.0 Å². The predicted molar refractivity (Wildman–Crippen MR) is 37.3 cm³/mol. The molecule has 70 valence electrons. The van der Waals surface area contributed by atoms with Crippen molar-refractivity contribution in [2.75, 3.05) is 0 Å². The number of amides is 1. The van der Waals surface area contributed by atoms with Crippen molar-refractivity contribution in [3.63, 3.8) is 0 Å². The maximum atomic E-state index is 12.8. The first-order valence-electron chi connectivity index (χ1n) is 3.24. The average molecular weight is 190 g/mol. The molecule has 1 heterocycles. The number of hydrogen-bond donors (Lipinski definition) is 1. The van der Waals surface area contributed by atoms with Gasteiger partial charge in [0.05, 0.1) is 6.20 Å². The Morgan fingerprint density at radius 1 is 1.46 bits per heavy atom. The Balaban J connectivity index is 3.08. The molecule has 3 nitrogen and oxygen atoms in total. The summed E-state index contributed by atoms with van der Waals surface area (Å²) >= 11 is 0. The smallest absolute Gasteiger partial charge is 0.364 e. The first-order valence-corrected chi connectivity index (χ1v) is 3.24. The molecule has 1 aromatic heterocycles. The van der Waals surface area contributed by atoms with E-state index in [2.05, 4.69) is 10.7 Å². The molecule has 0 spiro atoms. The Morgan fingerprint density at radius 2 is 2.08 bits per heavy atom. The Hall–Kier alpha value is -1.59. The van der Waals surface area contributed by atoms with E-state index in [1.54, 1.807) is 0 Å². The zero-order valence-corrected chi connectivity index (χ0v) is 6.30. The number of halogens is 3. The van der Waals surface area contributed by atoms with Gasteiger partial charge in [0.25, 0.3) is 5.91 Å². The van der Waals surface area contributed by atoms with Gasteiger partial charge in [-0.05, 0) is 12.1 Å². The van der Waals surface area contributed by atoms with Crippen LogP contribution in [0.4, 0.5) is 13.2 Å². The van der Waals surface area contributed by atoms with Crippen LogP contribution >= 0.6 is 0 Å². The summed E-state index contributed by atoms with van der Waals surface area (Å²) in [5.74, 6) is -6.43. The minimum absolute atomic E-state index is 0.589. The van der Waals surface area contributed by atoms with Gasteiger partial charge in [0.1, 0.15) is 11.5 Å².